The highest BCUT2D eigenvalue weighted by molar-refractivity contribution is 14.1. The molecule has 0 amide bonds. The van der Waals surface area contributed by atoms with E-state index in [1.807, 2.05) is 23.7 Å². The van der Waals surface area contributed by atoms with Crippen LogP contribution < -0.4 is 0 Å². The molecular formula is C9H8INO2S. The number of carbonyl (C=O) groups is 1. The molecule has 5 heteroatoms. The predicted octanol–water partition coefficient (Wildman–Crippen LogP) is 2.80. The van der Waals surface area contributed by atoms with Gasteiger partial charge in [0.2, 0.25) is 0 Å². The van der Waals surface area contributed by atoms with Gasteiger partial charge in [-0.15, -0.1) is 11.3 Å². The van der Waals surface area contributed by atoms with Crippen molar-refractivity contribution in [3.8, 4) is 0 Å². The lowest BCUT2D eigenvalue weighted by molar-refractivity contribution is -0.133. The van der Waals surface area contributed by atoms with Crippen molar-refractivity contribution >= 4 is 50.1 Å². The highest BCUT2D eigenvalue weighted by Gasteiger charge is 1.89. The number of carboxylic acids is 1. The minimum absolute atomic E-state index is 0.192. The fourth-order valence-corrected chi connectivity index (χ4v) is 1.48. The Morgan fingerprint density at radius 3 is 2.71 bits per heavy atom. The molecule has 0 fully saturated rings. The highest BCUT2D eigenvalue weighted by Crippen LogP contribution is 2.15. The smallest absolute Gasteiger partial charge is 0.313 e. The lowest BCUT2D eigenvalue weighted by Gasteiger charge is -1.80. The summed E-state index contributed by atoms with van der Waals surface area (Å²) in [6, 6.07) is 8.13. The Bertz CT molecular complexity index is 386. The maximum absolute atomic E-state index is 9.36. The van der Waals surface area contributed by atoms with Crippen molar-refractivity contribution in [3.63, 3.8) is 0 Å². The molecule has 1 aromatic carbocycles. The van der Waals surface area contributed by atoms with Gasteiger partial charge in [0, 0.05) is 0 Å². The summed E-state index contributed by atoms with van der Waals surface area (Å²) in [6.45, 7) is 0. The molecule has 0 unspecified atom stereocenters. The number of alkyl halides is 1. The fourth-order valence-electron chi connectivity index (χ4n) is 0.803. The first kappa shape index (κ1) is 11.4. The van der Waals surface area contributed by atoms with Crippen LogP contribution in [0.15, 0.2) is 29.8 Å². The van der Waals surface area contributed by atoms with Gasteiger partial charge < -0.3 is 5.11 Å². The van der Waals surface area contributed by atoms with E-state index in [9.17, 15) is 4.79 Å². The summed E-state index contributed by atoms with van der Waals surface area (Å²) in [5.41, 5.74) is 2.97. The van der Waals surface area contributed by atoms with Gasteiger partial charge in [-0.1, -0.05) is 34.7 Å². The maximum Gasteiger partial charge on any atom is 0.313 e. The van der Waals surface area contributed by atoms with Crippen LogP contribution >= 0.6 is 33.9 Å². The quantitative estimate of drug-likeness (QED) is 0.649. The Hall–Kier alpha value is -0.690. The van der Waals surface area contributed by atoms with Crippen LogP contribution in [0, 0.1) is 0 Å². The van der Waals surface area contributed by atoms with Crippen molar-refractivity contribution in [2.24, 2.45) is 0 Å². The van der Waals surface area contributed by atoms with Crippen LogP contribution in [0.5, 0.6) is 0 Å². The molecule has 0 saturated heterocycles. The summed E-state index contributed by atoms with van der Waals surface area (Å²) in [6.07, 6.45) is 0. The summed E-state index contributed by atoms with van der Waals surface area (Å²) in [5, 5.41) is 7.71. The highest BCUT2D eigenvalue weighted by atomic mass is 127. The van der Waals surface area contributed by atoms with E-state index in [0.717, 1.165) is 5.52 Å². The predicted molar refractivity (Wildman–Crippen MR) is 66.1 cm³/mol. The molecule has 14 heavy (non-hydrogen) atoms. The first-order valence-corrected chi connectivity index (χ1v) is 6.20. The SMILES string of the molecule is O=C(O)CI.c1ccc2scnc2c1. The fraction of sp³-hybridized carbons (Fsp3) is 0.111. The molecule has 0 atom stereocenters. The number of rotatable bonds is 1. The van der Waals surface area contributed by atoms with Crippen LogP contribution in [0.25, 0.3) is 10.2 Å². The number of aliphatic carboxylic acids is 1. The average molecular weight is 321 g/mol. The summed E-state index contributed by atoms with van der Waals surface area (Å²) in [4.78, 5) is 13.5. The van der Waals surface area contributed by atoms with E-state index < -0.39 is 5.97 Å². The van der Waals surface area contributed by atoms with Crippen molar-refractivity contribution in [2.75, 3.05) is 4.43 Å². The monoisotopic (exact) mass is 321 g/mol. The molecule has 1 N–H and O–H groups in total. The number of thiazole rings is 1. The molecule has 0 saturated carbocycles. The summed E-state index contributed by atoms with van der Waals surface area (Å²) in [5.74, 6) is -0.759. The minimum atomic E-state index is -0.759. The van der Waals surface area contributed by atoms with E-state index in [0.29, 0.717) is 0 Å². The zero-order valence-corrected chi connectivity index (χ0v) is 10.2. The van der Waals surface area contributed by atoms with Crippen LogP contribution in [0.2, 0.25) is 0 Å². The van der Waals surface area contributed by atoms with Gasteiger partial charge >= 0.3 is 5.97 Å². The first-order chi connectivity index (χ1) is 6.74. The van der Waals surface area contributed by atoms with E-state index in [2.05, 4.69) is 11.1 Å². The van der Waals surface area contributed by atoms with Crippen LogP contribution in [-0.2, 0) is 4.79 Å². The molecule has 0 aliphatic carbocycles. The molecular weight excluding hydrogens is 313 g/mol. The third-order valence-corrected chi connectivity index (χ3v) is 2.81. The molecule has 0 aliphatic heterocycles. The zero-order chi connectivity index (χ0) is 10.4. The number of hydrogen-bond donors (Lipinski definition) is 1. The number of benzene rings is 1. The topological polar surface area (TPSA) is 50.2 Å². The van der Waals surface area contributed by atoms with Gasteiger partial charge in [0.1, 0.15) is 0 Å². The van der Waals surface area contributed by atoms with Crippen molar-refractivity contribution in [1.82, 2.24) is 4.98 Å². The summed E-state index contributed by atoms with van der Waals surface area (Å²) < 4.78 is 1.45. The van der Waals surface area contributed by atoms with Gasteiger partial charge in [-0.3, -0.25) is 4.79 Å². The van der Waals surface area contributed by atoms with Gasteiger partial charge in [-0.05, 0) is 12.1 Å². The Morgan fingerprint density at radius 2 is 2.14 bits per heavy atom. The van der Waals surface area contributed by atoms with Crippen molar-refractivity contribution in [2.45, 2.75) is 0 Å². The molecule has 3 nitrogen and oxygen atoms in total. The number of nitrogens with zero attached hydrogens (tertiary/aromatic N) is 1. The van der Waals surface area contributed by atoms with Gasteiger partial charge in [0.05, 0.1) is 20.2 Å². The second kappa shape index (κ2) is 5.92. The Morgan fingerprint density at radius 1 is 1.50 bits per heavy atom. The van der Waals surface area contributed by atoms with E-state index in [4.69, 9.17) is 5.11 Å². The van der Waals surface area contributed by atoms with Gasteiger partial charge in [-0.25, -0.2) is 4.98 Å². The molecule has 0 spiro atoms. The zero-order valence-electron chi connectivity index (χ0n) is 7.18. The minimum Gasteiger partial charge on any atom is -0.481 e. The number of carboxylic acid groups (broad SMARTS) is 1. The molecule has 1 aromatic heterocycles. The molecule has 0 aliphatic rings. The Balaban J connectivity index is 0.000000171. The maximum atomic E-state index is 9.36. The third-order valence-electron chi connectivity index (χ3n) is 1.35. The average Bonchev–Trinajstić information content (AvgIpc) is 2.66. The lowest BCUT2D eigenvalue weighted by Crippen LogP contribution is -1.91. The summed E-state index contributed by atoms with van der Waals surface area (Å²) >= 11 is 3.45. The van der Waals surface area contributed by atoms with Crippen molar-refractivity contribution < 1.29 is 9.90 Å². The van der Waals surface area contributed by atoms with Crippen LogP contribution in [0.4, 0.5) is 0 Å². The number of halogens is 1. The van der Waals surface area contributed by atoms with Gasteiger partial charge in [-0.2, -0.15) is 0 Å². The number of aromatic nitrogens is 1. The molecule has 0 radical (unpaired) electrons. The van der Waals surface area contributed by atoms with E-state index >= 15 is 0 Å². The molecule has 1 heterocycles. The Labute approximate surface area is 98.9 Å². The van der Waals surface area contributed by atoms with Crippen molar-refractivity contribution in [3.05, 3.63) is 29.8 Å². The van der Waals surface area contributed by atoms with E-state index in [1.165, 1.54) is 4.70 Å². The van der Waals surface area contributed by atoms with Crippen molar-refractivity contribution in [1.29, 1.82) is 0 Å². The normalized spacial score (nSPS) is 9.21. The molecule has 0 bridgehead atoms. The number of fused-ring (bicyclic) bond motifs is 1. The molecule has 74 valence electrons. The standard InChI is InChI=1S/C7H5NS.C2H3IO2/c1-2-4-7-6(3-1)8-5-9-7;3-1-2(4)5/h1-5H;1H2,(H,4,5). The summed E-state index contributed by atoms with van der Waals surface area (Å²) in [7, 11) is 0. The lowest BCUT2D eigenvalue weighted by atomic mass is 10.3. The van der Waals surface area contributed by atoms with Gasteiger partial charge in [0.25, 0.3) is 0 Å². The molecule has 2 rings (SSSR count). The van der Waals surface area contributed by atoms with Gasteiger partial charge in [0.15, 0.2) is 0 Å². The first-order valence-electron chi connectivity index (χ1n) is 3.80. The largest absolute Gasteiger partial charge is 0.481 e. The third kappa shape index (κ3) is 3.59. The van der Waals surface area contributed by atoms with Crippen LogP contribution in [0.1, 0.15) is 0 Å². The van der Waals surface area contributed by atoms with E-state index in [-0.39, 0.29) is 4.43 Å². The Kier molecular flexibility index (Phi) is 4.81. The second-order valence-electron chi connectivity index (χ2n) is 2.35. The van der Waals surface area contributed by atoms with E-state index in [1.54, 1.807) is 33.9 Å². The number of para-hydroxylation sites is 1. The van der Waals surface area contributed by atoms with Crippen LogP contribution in [0.3, 0.4) is 0 Å². The molecule has 2 aromatic rings. The second-order valence-corrected chi connectivity index (χ2v) is 4.00. The number of hydrogen-bond acceptors (Lipinski definition) is 3. The van der Waals surface area contributed by atoms with Crippen LogP contribution in [-0.4, -0.2) is 20.5 Å².